The summed E-state index contributed by atoms with van der Waals surface area (Å²) in [6.07, 6.45) is -0.229. The van der Waals surface area contributed by atoms with E-state index in [0.29, 0.717) is 11.9 Å². The Morgan fingerprint density at radius 2 is 1.90 bits per heavy atom. The summed E-state index contributed by atoms with van der Waals surface area (Å²) in [6, 6.07) is 4.75. The van der Waals surface area contributed by atoms with Crippen molar-refractivity contribution in [2.24, 2.45) is 12.8 Å². The van der Waals surface area contributed by atoms with Crippen LogP contribution in [0.1, 0.15) is 35.4 Å². The van der Waals surface area contributed by atoms with Crippen LogP contribution in [0.2, 0.25) is 0 Å². The van der Waals surface area contributed by atoms with Crippen molar-refractivity contribution >= 4 is 16.9 Å². The molecule has 168 valence electrons. The van der Waals surface area contributed by atoms with Crippen molar-refractivity contribution in [3.05, 3.63) is 47.8 Å². The number of methoxy groups -OCH3 is 1. The first-order valence-electron chi connectivity index (χ1n) is 8.95. The van der Waals surface area contributed by atoms with Crippen LogP contribution in [0.5, 0.6) is 5.75 Å². The van der Waals surface area contributed by atoms with Gasteiger partial charge in [-0.25, -0.2) is 18.7 Å². The normalized spacial score (nSPS) is 12.0. The summed E-state index contributed by atoms with van der Waals surface area (Å²) in [5, 5.41) is 0. The number of amides is 1. The molecule has 1 unspecified atom stereocenters. The summed E-state index contributed by atoms with van der Waals surface area (Å²) >= 11 is 0. The minimum absolute atomic E-state index is 0.0484. The van der Waals surface area contributed by atoms with Gasteiger partial charge in [-0.1, -0.05) is 0 Å². The van der Waals surface area contributed by atoms with Crippen LogP contribution in [0.3, 0.4) is 0 Å². The highest BCUT2D eigenvalue weighted by molar-refractivity contribution is 5.90. The number of fused-ring (bicyclic) bond motifs is 1. The largest absolute Gasteiger partial charge is 0.435 e. The number of carbonyl (C=O) groups excluding carboxylic acids is 1. The lowest BCUT2D eigenvalue weighted by molar-refractivity contribution is -0.0497. The van der Waals surface area contributed by atoms with Gasteiger partial charge < -0.3 is 19.8 Å². The third kappa shape index (κ3) is 6.60. The third-order valence-corrected chi connectivity index (χ3v) is 4.19. The average Bonchev–Trinajstić information content (AvgIpc) is 3.02. The Balaban J connectivity index is 0.000000245. The minimum Gasteiger partial charge on any atom is -0.435 e. The van der Waals surface area contributed by atoms with E-state index in [9.17, 15) is 22.4 Å². The van der Waals surface area contributed by atoms with Gasteiger partial charge in [0.05, 0.1) is 29.5 Å². The molecule has 1 aromatic carbocycles. The van der Waals surface area contributed by atoms with Crippen LogP contribution >= 0.6 is 0 Å². The second kappa shape index (κ2) is 10.7. The SMILES string of the molecule is COC(C)Cc1nc2cc(OC(F)F)ccc2n1C.NC(=O)c1cnc(C(F)F)cn1. The molecule has 31 heavy (non-hydrogen) atoms. The number of alkyl halides is 4. The number of halogens is 4. The smallest absolute Gasteiger partial charge is 0.387 e. The standard InChI is InChI=1S/C13H16F2N2O2.C6H5F2N3O/c1-8(18-3)6-12-16-10-7-9(19-13(14)15)4-5-11(10)17(12)2;7-5(8)3-1-11-4(2-10-3)6(9)12/h4-5,7-8,13H,6H2,1-3H3;1-2,5H,(H2,9,12). The first kappa shape index (κ1) is 24.0. The second-order valence-electron chi connectivity index (χ2n) is 6.36. The van der Waals surface area contributed by atoms with Crippen LogP contribution < -0.4 is 10.5 Å². The highest BCUT2D eigenvalue weighted by Crippen LogP contribution is 2.23. The van der Waals surface area contributed by atoms with Crippen molar-refractivity contribution in [2.75, 3.05) is 7.11 Å². The maximum atomic E-state index is 12.2. The molecule has 0 bridgehead atoms. The van der Waals surface area contributed by atoms with Gasteiger partial charge in [0.25, 0.3) is 12.3 Å². The fourth-order valence-corrected chi connectivity index (χ4v) is 2.51. The van der Waals surface area contributed by atoms with E-state index in [-0.39, 0.29) is 17.5 Å². The van der Waals surface area contributed by atoms with Crippen molar-refractivity contribution in [1.82, 2.24) is 19.5 Å². The zero-order chi connectivity index (χ0) is 23.1. The van der Waals surface area contributed by atoms with Crippen LogP contribution in [0.4, 0.5) is 17.6 Å². The third-order valence-electron chi connectivity index (χ3n) is 4.19. The highest BCUT2D eigenvalue weighted by Gasteiger charge is 2.13. The lowest BCUT2D eigenvalue weighted by atomic mass is 10.3. The molecule has 1 atom stereocenters. The summed E-state index contributed by atoms with van der Waals surface area (Å²) in [5.41, 5.74) is 5.73. The van der Waals surface area contributed by atoms with Gasteiger partial charge in [-0.15, -0.1) is 0 Å². The van der Waals surface area contributed by atoms with Crippen molar-refractivity contribution < 1.29 is 31.8 Å². The second-order valence-corrected chi connectivity index (χ2v) is 6.36. The number of hydrogen-bond donors (Lipinski definition) is 1. The molecule has 2 N–H and O–H groups in total. The van der Waals surface area contributed by atoms with Gasteiger partial charge >= 0.3 is 6.61 Å². The van der Waals surface area contributed by atoms with Crippen LogP contribution in [0.25, 0.3) is 11.0 Å². The Labute approximate surface area is 175 Å². The molecule has 0 aliphatic rings. The van der Waals surface area contributed by atoms with Gasteiger partial charge in [0.15, 0.2) is 0 Å². The highest BCUT2D eigenvalue weighted by atomic mass is 19.3. The van der Waals surface area contributed by atoms with Crippen molar-refractivity contribution in [3.63, 3.8) is 0 Å². The lowest BCUT2D eigenvalue weighted by Gasteiger charge is -2.08. The van der Waals surface area contributed by atoms with E-state index in [0.717, 1.165) is 23.7 Å². The molecule has 0 saturated carbocycles. The van der Waals surface area contributed by atoms with Gasteiger partial charge in [-0.2, -0.15) is 8.78 Å². The summed E-state index contributed by atoms with van der Waals surface area (Å²) in [6.45, 7) is -0.876. The van der Waals surface area contributed by atoms with Gasteiger partial charge in [-0.3, -0.25) is 9.78 Å². The molecule has 3 rings (SSSR count). The summed E-state index contributed by atoms with van der Waals surface area (Å²) in [7, 11) is 3.53. The molecule has 0 aliphatic carbocycles. The number of nitrogens with two attached hydrogens (primary N) is 1. The zero-order valence-electron chi connectivity index (χ0n) is 16.9. The van der Waals surface area contributed by atoms with Crippen molar-refractivity contribution in [1.29, 1.82) is 0 Å². The minimum atomic E-state index is -2.82. The van der Waals surface area contributed by atoms with Crippen molar-refractivity contribution in [3.8, 4) is 5.75 Å². The fourth-order valence-electron chi connectivity index (χ4n) is 2.51. The number of primary amides is 1. The molecule has 0 aliphatic heterocycles. The molecule has 0 radical (unpaired) electrons. The topological polar surface area (TPSA) is 105 Å². The quantitative estimate of drug-likeness (QED) is 0.562. The monoisotopic (exact) mass is 443 g/mol. The number of rotatable bonds is 7. The molecular weight excluding hydrogens is 422 g/mol. The van der Waals surface area contributed by atoms with E-state index in [1.54, 1.807) is 13.2 Å². The Kier molecular flexibility index (Phi) is 8.25. The predicted molar refractivity (Wildman–Crippen MR) is 103 cm³/mol. The molecule has 2 aromatic heterocycles. The van der Waals surface area contributed by atoms with Gasteiger partial charge in [0.1, 0.15) is 23.0 Å². The summed E-state index contributed by atoms with van der Waals surface area (Å²) < 4.78 is 59.6. The van der Waals surface area contributed by atoms with Crippen LogP contribution in [0.15, 0.2) is 30.6 Å². The molecule has 12 heteroatoms. The molecule has 0 saturated heterocycles. The lowest BCUT2D eigenvalue weighted by Crippen LogP contribution is -2.13. The number of hydrogen-bond acceptors (Lipinski definition) is 6. The predicted octanol–water partition coefficient (Wildman–Crippen LogP) is 3.27. The van der Waals surface area contributed by atoms with E-state index in [1.807, 2.05) is 18.5 Å². The van der Waals surface area contributed by atoms with Gasteiger partial charge in [-0.05, 0) is 19.1 Å². The van der Waals surface area contributed by atoms with E-state index in [1.165, 1.54) is 12.1 Å². The molecule has 2 heterocycles. The molecule has 0 fully saturated rings. The number of ether oxygens (including phenoxy) is 2. The first-order chi connectivity index (χ1) is 14.6. The van der Waals surface area contributed by atoms with Gasteiger partial charge in [0, 0.05) is 26.6 Å². The maximum absolute atomic E-state index is 12.2. The zero-order valence-corrected chi connectivity index (χ0v) is 16.9. The number of aromatic nitrogens is 4. The molecule has 8 nitrogen and oxygen atoms in total. The van der Waals surface area contributed by atoms with Crippen LogP contribution in [-0.4, -0.2) is 45.3 Å². The average molecular weight is 443 g/mol. The number of nitrogens with zero attached hydrogens (tertiary/aromatic N) is 4. The summed E-state index contributed by atoms with van der Waals surface area (Å²) in [5.74, 6) is 0.175. The number of benzene rings is 1. The number of aryl methyl sites for hydroxylation is 1. The van der Waals surface area contributed by atoms with E-state index in [4.69, 9.17) is 10.5 Å². The van der Waals surface area contributed by atoms with E-state index >= 15 is 0 Å². The van der Waals surface area contributed by atoms with Crippen molar-refractivity contribution in [2.45, 2.75) is 32.5 Å². The number of carbonyl (C=O) groups is 1. The Bertz CT molecular complexity index is 1010. The molecule has 0 spiro atoms. The molecule has 1 amide bonds. The van der Waals surface area contributed by atoms with Crippen LogP contribution in [-0.2, 0) is 18.2 Å². The van der Waals surface area contributed by atoms with Crippen LogP contribution in [0, 0.1) is 0 Å². The molecule has 3 aromatic rings. The Hall–Kier alpha value is -3.28. The Morgan fingerprint density at radius 1 is 1.19 bits per heavy atom. The van der Waals surface area contributed by atoms with Gasteiger partial charge in [0.2, 0.25) is 0 Å². The van der Waals surface area contributed by atoms with E-state index < -0.39 is 24.6 Å². The van der Waals surface area contributed by atoms with E-state index in [2.05, 4.69) is 19.7 Å². The molecular formula is C19H21F4N5O3. The fraction of sp³-hybridized carbons (Fsp3) is 0.368. The summed E-state index contributed by atoms with van der Waals surface area (Å²) in [4.78, 5) is 21.5. The first-order valence-corrected chi connectivity index (χ1v) is 8.95. The maximum Gasteiger partial charge on any atom is 0.387 e. The Morgan fingerprint density at radius 3 is 2.42 bits per heavy atom. The number of imidazole rings is 1.